The van der Waals surface area contributed by atoms with Crippen LogP contribution in [0.1, 0.15) is 19.4 Å². The molecular formula is C21H21N3O3. The van der Waals surface area contributed by atoms with Gasteiger partial charge in [-0.3, -0.25) is 0 Å². The summed E-state index contributed by atoms with van der Waals surface area (Å²) in [6, 6.07) is 15.4. The summed E-state index contributed by atoms with van der Waals surface area (Å²) < 4.78 is 12.3. The van der Waals surface area contributed by atoms with Crippen molar-refractivity contribution in [3.05, 3.63) is 66.5 Å². The molecule has 6 nitrogen and oxygen atoms in total. The molecule has 2 aromatic carbocycles. The first-order valence-corrected chi connectivity index (χ1v) is 8.64. The van der Waals surface area contributed by atoms with Crippen molar-refractivity contribution in [2.24, 2.45) is 0 Å². The number of hydrogen-bond donors (Lipinski definition) is 0. The van der Waals surface area contributed by atoms with E-state index in [4.69, 9.17) is 9.47 Å². The highest BCUT2D eigenvalue weighted by molar-refractivity contribution is 5.85. The summed E-state index contributed by atoms with van der Waals surface area (Å²) in [6.45, 7) is 5.63. The highest BCUT2D eigenvalue weighted by atomic mass is 16.5. The van der Waals surface area contributed by atoms with Gasteiger partial charge in [0.15, 0.2) is 5.82 Å². The average molecular weight is 363 g/mol. The summed E-state index contributed by atoms with van der Waals surface area (Å²) in [7, 11) is 0. The molecule has 0 saturated carbocycles. The number of aryl methyl sites for hydroxylation is 1. The molecule has 0 amide bonds. The fraction of sp³-hybridized carbons (Fsp3) is 0.190. The summed E-state index contributed by atoms with van der Waals surface area (Å²) >= 11 is 0. The van der Waals surface area contributed by atoms with Crippen LogP contribution in [0.4, 0.5) is 0 Å². The molecule has 0 N–H and O–H groups in total. The minimum absolute atomic E-state index is 0.158. The van der Waals surface area contributed by atoms with Gasteiger partial charge in [0, 0.05) is 17.8 Å². The number of benzene rings is 2. The molecule has 3 aromatic rings. The largest absolute Gasteiger partial charge is 0.460 e. The van der Waals surface area contributed by atoms with E-state index in [-0.39, 0.29) is 6.10 Å². The molecule has 3 rings (SSSR count). The number of carbonyl (C=O) groups is 1. The quantitative estimate of drug-likeness (QED) is 0.477. The molecule has 0 aliphatic heterocycles. The predicted octanol–water partition coefficient (Wildman–Crippen LogP) is 4.47. The zero-order valence-electron chi connectivity index (χ0n) is 15.5. The van der Waals surface area contributed by atoms with E-state index in [1.165, 1.54) is 28.8 Å². The third-order valence-electron chi connectivity index (χ3n) is 3.59. The van der Waals surface area contributed by atoms with Crippen LogP contribution in [0.5, 0.6) is 11.5 Å². The zero-order valence-corrected chi connectivity index (χ0v) is 15.5. The van der Waals surface area contributed by atoms with Gasteiger partial charge in [-0.15, -0.1) is 5.10 Å². The van der Waals surface area contributed by atoms with Crippen LogP contribution >= 0.6 is 0 Å². The van der Waals surface area contributed by atoms with E-state index in [1.54, 1.807) is 13.8 Å². The average Bonchev–Trinajstić information content (AvgIpc) is 3.11. The Morgan fingerprint density at radius 1 is 1.04 bits per heavy atom. The fourth-order valence-electron chi connectivity index (χ4n) is 2.30. The van der Waals surface area contributed by atoms with Crippen LogP contribution in [0.2, 0.25) is 0 Å². The molecule has 0 spiro atoms. The Balaban J connectivity index is 1.65. The number of ether oxygens (including phenoxy) is 2. The molecule has 0 unspecified atom stereocenters. The van der Waals surface area contributed by atoms with Crippen LogP contribution in [0, 0.1) is 6.92 Å². The van der Waals surface area contributed by atoms with Gasteiger partial charge in [-0.1, -0.05) is 17.7 Å². The summed E-state index contributed by atoms with van der Waals surface area (Å²) in [4.78, 5) is 15.8. The second-order valence-electron chi connectivity index (χ2n) is 6.29. The number of nitrogens with zero attached hydrogens (tertiary/aromatic N) is 3. The van der Waals surface area contributed by atoms with Crippen molar-refractivity contribution in [3.63, 3.8) is 0 Å². The van der Waals surface area contributed by atoms with Crippen LogP contribution in [-0.2, 0) is 9.53 Å². The summed E-state index contributed by atoms with van der Waals surface area (Å²) in [5.41, 5.74) is 2.04. The topological polar surface area (TPSA) is 66.2 Å². The maximum atomic E-state index is 11.5. The SMILES string of the molecule is Cc1ccc(Oc2ccc(-c3ncn(/C=C\C(=O)OC(C)C)n3)cc2)cc1. The van der Waals surface area contributed by atoms with Gasteiger partial charge in [0.05, 0.1) is 6.10 Å². The zero-order chi connectivity index (χ0) is 19.2. The third-order valence-corrected chi connectivity index (χ3v) is 3.59. The van der Waals surface area contributed by atoms with Crippen molar-refractivity contribution in [2.45, 2.75) is 26.9 Å². The van der Waals surface area contributed by atoms with E-state index in [2.05, 4.69) is 10.1 Å². The molecule has 0 saturated heterocycles. The lowest BCUT2D eigenvalue weighted by molar-refractivity contribution is -0.141. The Bertz CT molecular complexity index is 926. The monoisotopic (exact) mass is 363 g/mol. The van der Waals surface area contributed by atoms with E-state index >= 15 is 0 Å². The maximum Gasteiger partial charge on any atom is 0.332 e. The Labute approximate surface area is 158 Å². The fourth-order valence-corrected chi connectivity index (χ4v) is 2.30. The van der Waals surface area contributed by atoms with Gasteiger partial charge in [-0.05, 0) is 57.2 Å². The van der Waals surface area contributed by atoms with E-state index in [0.29, 0.717) is 5.82 Å². The van der Waals surface area contributed by atoms with Crippen LogP contribution in [0.25, 0.3) is 17.6 Å². The van der Waals surface area contributed by atoms with Crippen molar-refractivity contribution in [1.82, 2.24) is 14.8 Å². The van der Waals surface area contributed by atoms with E-state index in [9.17, 15) is 4.79 Å². The van der Waals surface area contributed by atoms with E-state index in [0.717, 1.165) is 17.1 Å². The molecule has 0 radical (unpaired) electrons. The molecular weight excluding hydrogens is 342 g/mol. The molecule has 0 fully saturated rings. The molecule has 6 heteroatoms. The molecule has 0 atom stereocenters. The number of hydrogen-bond acceptors (Lipinski definition) is 5. The molecule has 138 valence electrons. The highest BCUT2D eigenvalue weighted by Gasteiger charge is 2.05. The minimum Gasteiger partial charge on any atom is -0.460 e. The summed E-state index contributed by atoms with van der Waals surface area (Å²) in [6.07, 6.45) is 4.20. The van der Waals surface area contributed by atoms with Gasteiger partial charge < -0.3 is 9.47 Å². The van der Waals surface area contributed by atoms with Crippen LogP contribution < -0.4 is 4.74 Å². The maximum absolute atomic E-state index is 11.5. The summed E-state index contributed by atoms with van der Waals surface area (Å²) in [5.74, 6) is 1.66. The number of rotatable bonds is 6. The smallest absolute Gasteiger partial charge is 0.332 e. The second kappa shape index (κ2) is 8.31. The molecule has 0 bridgehead atoms. The first-order chi connectivity index (χ1) is 13.0. The van der Waals surface area contributed by atoms with Crippen molar-refractivity contribution in [1.29, 1.82) is 0 Å². The Kier molecular flexibility index (Phi) is 5.66. The molecule has 0 aliphatic rings. The van der Waals surface area contributed by atoms with Gasteiger partial charge >= 0.3 is 5.97 Å². The second-order valence-corrected chi connectivity index (χ2v) is 6.29. The van der Waals surface area contributed by atoms with Gasteiger partial charge in [0.25, 0.3) is 0 Å². The molecule has 27 heavy (non-hydrogen) atoms. The summed E-state index contributed by atoms with van der Waals surface area (Å²) in [5, 5.41) is 4.33. The molecule has 0 aliphatic carbocycles. The first kappa shape index (κ1) is 18.4. The van der Waals surface area contributed by atoms with Crippen LogP contribution in [0.15, 0.2) is 60.9 Å². The van der Waals surface area contributed by atoms with Gasteiger partial charge in [-0.25, -0.2) is 14.5 Å². The Hall–Kier alpha value is -3.41. The van der Waals surface area contributed by atoms with Crippen molar-refractivity contribution in [2.75, 3.05) is 0 Å². The standard InChI is InChI=1S/C21H21N3O3/c1-15(2)26-20(25)12-13-24-14-22-21(23-24)17-6-10-19(11-7-17)27-18-8-4-16(3)5-9-18/h4-15H,1-3H3/b13-12-. The van der Waals surface area contributed by atoms with Crippen LogP contribution in [-0.4, -0.2) is 26.8 Å². The number of carbonyl (C=O) groups excluding carboxylic acids is 1. The molecule has 1 heterocycles. The van der Waals surface area contributed by atoms with Gasteiger partial charge in [0.2, 0.25) is 0 Å². The molecule has 1 aromatic heterocycles. The first-order valence-electron chi connectivity index (χ1n) is 8.64. The highest BCUT2D eigenvalue weighted by Crippen LogP contribution is 2.24. The number of esters is 1. The lowest BCUT2D eigenvalue weighted by atomic mass is 10.2. The number of aromatic nitrogens is 3. The van der Waals surface area contributed by atoms with Crippen molar-refractivity contribution < 1.29 is 14.3 Å². The van der Waals surface area contributed by atoms with Crippen LogP contribution in [0.3, 0.4) is 0 Å². The van der Waals surface area contributed by atoms with Gasteiger partial charge in [-0.2, -0.15) is 0 Å². The minimum atomic E-state index is -0.417. The lowest BCUT2D eigenvalue weighted by Gasteiger charge is -2.06. The Morgan fingerprint density at radius 2 is 1.67 bits per heavy atom. The third kappa shape index (κ3) is 5.28. The predicted molar refractivity (Wildman–Crippen MR) is 103 cm³/mol. The Morgan fingerprint density at radius 3 is 2.30 bits per heavy atom. The lowest BCUT2D eigenvalue weighted by Crippen LogP contribution is -2.08. The van der Waals surface area contributed by atoms with Crippen molar-refractivity contribution >= 4 is 12.2 Å². The van der Waals surface area contributed by atoms with E-state index in [1.807, 2.05) is 55.5 Å². The van der Waals surface area contributed by atoms with E-state index < -0.39 is 5.97 Å². The normalized spacial score (nSPS) is 11.1. The van der Waals surface area contributed by atoms with Gasteiger partial charge in [0.1, 0.15) is 17.8 Å². The van der Waals surface area contributed by atoms with Crippen molar-refractivity contribution in [3.8, 4) is 22.9 Å².